The van der Waals surface area contributed by atoms with Gasteiger partial charge in [-0.05, 0) is 19.3 Å². The van der Waals surface area contributed by atoms with Gasteiger partial charge in [-0.25, -0.2) is 0 Å². The van der Waals surface area contributed by atoms with Gasteiger partial charge in [0.05, 0.1) is 13.0 Å². The SMILES string of the molecule is CCCOC(=O)CCC(=O)C1CCCC1. The summed E-state index contributed by atoms with van der Waals surface area (Å²) < 4.78 is 4.91. The molecule has 86 valence electrons. The molecule has 0 amide bonds. The second-order valence-corrected chi connectivity index (χ2v) is 4.17. The van der Waals surface area contributed by atoms with E-state index in [1.54, 1.807) is 0 Å². The maximum absolute atomic E-state index is 11.6. The zero-order valence-electron chi connectivity index (χ0n) is 9.46. The molecule has 0 unspecified atom stereocenters. The molecule has 0 N–H and O–H groups in total. The van der Waals surface area contributed by atoms with Crippen molar-refractivity contribution in [2.75, 3.05) is 6.61 Å². The molecule has 1 saturated carbocycles. The Balaban J connectivity index is 2.12. The van der Waals surface area contributed by atoms with Gasteiger partial charge in [-0.3, -0.25) is 9.59 Å². The molecule has 3 nitrogen and oxygen atoms in total. The first-order valence-electron chi connectivity index (χ1n) is 5.92. The molecule has 1 rings (SSSR count). The standard InChI is InChI=1S/C12H20O3/c1-2-9-15-12(14)8-7-11(13)10-5-3-4-6-10/h10H,2-9H2,1H3. The third kappa shape index (κ3) is 4.45. The number of hydrogen-bond donors (Lipinski definition) is 0. The van der Waals surface area contributed by atoms with Gasteiger partial charge in [-0.1, -0.05) is 19.8 Å². The highest BCUT2D eigenvalue weighted by Crippen LogP contribution is 2.26. The van der Waals surface area contributed by atoms with Crippen molar-refractivity contribution in [1.82, 2.24) is 0 Å². The molecule has 1 aliphatic carbocycles. The van der Waals surface area contributed by atoms with Crippen LogP contribution < -0.4 is 0 Å². The quantitative estimate of drug-likeness (QED) is 0.635. The van der Waals surface area contributed by atoms with Gasteiger partial charge < -0.3 is 4.74 Å². The largest absolute Gasteiger partial charge is 0.466 e. The Morgan fingerprint density at radius 3 is 2.47 bits per heavy atom. The van der Waals surface area contributed by atoms with Gasteiger partial charge in [0, 0.05) is 12.3 Å². The molecular formula is C12H20O3. The maximum atomic E-state index is 11.6. The zero-order chi connectivity index (χ0) is 11.1. The van der Waals surface area contributed by atoms with Gasteiger partial charge in [0.2, 0.25) is 0 Å². The lowest BCUT2D eigenvalue weighted by atomic mass is 9.99. The van der Waals surface area contributed by atoms with E-state index in [9.17, 15) is 9.59 Å². The number of esters is 1. The molecule has 0 saturated heterocycles. The second-order valence-electron chi connectivity index (χ2n) is 4.17. The van der Waals surface area contributed by atoms with Crippen molar-refractivity contribution in [3.05, 3.63) is 0 Å². The molecule has 0 bridgehead atoms. The Labute approximate surface area is 91.2 Å². The topological polar surface area (TPSA) is 43.4 Å². The fraction of sp³-hybridized carbons (Fsp3) is 0.833. The molecule has 0 aromatic heterocycles. The lowest BCUT2D eigenvalue weighted by molar-refractivity contribution is -0.145. The average Bonchev–Trinajstić information content (AvgIpc) is 2.76. The van der Waals surface area contributed by atoms with Crippen molar-refractivity contribution in [3.8, 4) is 0 Å². The predicted molar refractivity (Wildman–Crippen MR) is 57.4 cm³/mol. The van der Waals surface area contributed by atoms with E-state index in [1.165, 1.54) is 0 Å². The highest BCUT2D eigenvalue weighted by molar-refractivity contribution is 5.84. The van der Waals surface area contributed by atoms with Gasteiger partial charge >= 0.3 is 5.97 Å². The summed E-state index contributed by atoms with van der Waals surface area (Å²) in [5.41, 5.74) is 0. The number of carbonyl (C=O) groups excluding carboxylic acids is 2. The van der Waals surface area contributed by atoms with E-state index >= 15 is 0 Å². The molecule has 0 aromatic rings. The van der Waals surface area contributed by atoms with Crippen LogP contribution in [0.25, 0.3) is 0 Å². The molecule has 15 heavy (non-hydrogen) atoms. The van der Waals surface area contributed by atoms with E-state index in [0.29, 0.717) is 13.0 Å². The van der Waals surface area contributed by atoms with Gasteiger partial charge in [0.25, 0.3) is 0 Å². The van der Waals surface area contributed by atoms with Gasteiger partial charge in [0.1, 0.15) is 5.78 Å². The summed E-state index contributed by atoms with van der Waals surface area (Å²) in [6.45, 7) is 2.42. The smallest absolute Gasteiger partial charge is 0.306 e. The fourth-order valence-corrected chi connectivity index (χ4v) is 1.97. The number of carbonyl (C=O) groups is 2. The lowest BCUT2D eigenvalue weighted by Crippen LogP contribution is -2.14. The van der Waals surface area contributed by atoms with Crippen LogP contribution in [0.1, 0.15) is 51.9 Å². The second kappa shape index (κ2) is 6.59. The number of hydrogen-bond acceptors (Lipinski definition) is 3. The summed E-state index contributed by atoms with van der Waals surface area (Å²) >= 11 is 0. The molecule has 1 aliphatic rings. The van der Waals surface area contributed by atoms with Crippen molar-refractivity contribution < 1.29 is 14.3 Å². The Morgan fingerprint density at radius 2 is 1.87 bits per heavy atom. The van der Waals surface area contributed by atoms with Gasteiger partial charge in [0.15, 0.2) is 0 Å². The van der Waals surface area contributed by atoms with E-state index in [4.69, 9.17) is 4.74 Å². The molecule has 0 aromatic carbocycles. The molecule has 3 heteroatoms. The van der Waals surface area contributed by atoms with E-state index in [2.05, 4.69) is 0 Å². The first-order valence-corrected chi connectivity index (χ1v) is 5.92. The highest BCUT2D eigenvalue weighted by atomic mass is 16.5. The molecule has 1 fully saturated rings. The summed E-state index contributed by atoms with van der Waals surface area (Å²) in [4.78, 5) is 22.8. The minimum absolute atomic E-state index is 0.226. The van der Waals surface area contributed by atoms with Crippen LogP contribution in [0.3, 0.4) is 0 Å². The highest BCUT2D eigenvalue weighted by Gasteiger charge is 2.22. The summed E-state index contributed by atoms with van der Waals surface area (Å²) in [6, 6.07) is 0. The summed E-state index contributed by atoms with van der Waals surface area (Å²) in [6.07, 6.45) is 5.82. The summed E-state index contributed by atoms with van der Waals surface area (Å²) in [7, 11) is 0. The van der Waals surface area contributed by atoms with Crippen molar-refractivity contribution in [3.63, 3.8) is 0 Å². The molecular weight excluding hydrogens is 192 g/mol. The lowest BCUT2D eigenvalue weighted by Gasteiger charge is -2.07. The van der Waals surface area contributed by atoms with Crippen LogP contribution in [0.2, 0.25) is 0 Å². The summed E-state index contributed by atoms with van der Waals surface area (Å²) in [5, 5.41) is 0. The van der Waals surface area contributed by atoms with Crippen LogP contribution >= 0.6 is 0 Å². The number of ether oxygens (including phenoxy) is 1. The van der Waals surface area contributed by atoms with Crippen LogP contribution in [0, 0.1) is 5.92 Å². The van der Waals surface area contributed by atoms with Crippen LogP contribution in [0.5, 0.6) is 0 Å². The van der Waals surface area contributed by atoms with Crippen LogP contribution in [-0.2, 0) is 14.3 Å². The molecule has 0 radical (unpaired) electrons. The van der Waals surface area contributed by atoms with E-state index in [0.717, 1.165) is 32.1 Å². The number of Topliss-reactive ketones (excluding diaryl/α,β-unsaturated/α-hetero) is 1. The molecule has 0 spiro atoms. The van der Waals surface area contributed by atoms with Crippen molar-refractivity contribution in [1.29, 1.82) is 0 Å². The van der Waals surface area contributed by atoms with Gasteiger partial charge in [-0.2, -0.15) is 0 Å². The fourth-order valence-electron chi connectivity index (χ4n) is 1.97. The third-order valence-corrected chi connectivity index (χ3v) is 2.85. The van der Waals surface area contributed by atoms with Crippen LogP contribution in [0.4, 0.5) is 0 Å². The third-order valence-electron chi connectivity index (χ3n) is 2.85. The Morgan fingerprint density at radius 1 is 1.20 bits per heavy atom. The first-order chi connectivity index (χ1) is 7.24. The van der Waals surface area contributed by atoms with Crippen molar-refractivity contribution in [2.24, 2.45) is 5.92 Å². The Bertz CT molecular complexity index is 217. The number of rotatable bonds is 6. The molecule has 0 aliphatic heterocycles. The van der Waals surface area contributed by atoms with Crippen LogP contribution in [0.15, 0.2) is 0 Å². The normalized spacial score (nSPS) is 16.6. The Kier molecular flexibility index (Phi) is 5.37. The zero-order valence-corrected chi connectivity index (χ0v) is 9.46. The van der Waals surface area contributed by atoms with E-state index in [1.807, 2.05) is 6.92 Å². The minimum atomic E-state index is -0.233. The monoisotopic (exact) mass is 212 g/mol. The first kappa shape index (κ1) is 12.2. The Hall–Kier alpha value is -0.860. The minimum Gasteiger partial charge on any atom is -0.466 e. The average molecular weight is 212 g/mol. The molecule has 0 heterocycles. The van der Waals surface area contributed by atoms with Crippen molar-refractivity contribution in [2.45, 2.75) is 51.9 Å². The van der Waals surface area contributed by atoms with E-state index < -0.39 is 0 Å². The van der Waals surface area contributed by atoms with Crippen molar-refractivity contribution >= 4 is 11.8 Å². The predicted octanol–water partition coefficient (Wildman–Crippen LogP) is 2.48. The maximum Gasteiger partial charge on any atom is 0.306 e. The number of ketones is 1. The van der Waals surface area contributed by atoms with E-state index in [-0.39, 0.29) is 24.1 Å². The van der Waals surface area contributed by atoms with Gasteiger partial charge in [-0.15, -0.1) is 0 Å². The summed E-state index contributed by atoms with van der Waals surface area (Å²) in [5.74, 6) is 0.244. The molecule has 0 atom stereocenters. The van der Waals surface area contributed by atoms with Crippen LogP contribution in [-0.4, -0.2) is 18.4 Å².